The molecule has 3 aromatic carbocycles. The smallest absolute Gasteiger partial charge is 0.307 e. The molecule has 0 saturated heterocycles. The maximum Gasteiger partial charge on any atom is 0.307 e. The van der Waals surface area contributed by atoms with Crippen LogP contribution in [-0.2, 0) is 11.2 Å². The quantitative estimate of drug-likeness (QED) is 0.370. The number of pyridine rings is 1. The average Bonchev–Trinajstić information content (AvgIpc) is 2.73. The molecule has 0 fully saturated rings. The molecule has 0 aliphatic carbocycles. The fraction of sp³-hybridized carbons (Fsp3) is 0.120. The number of aryl methyl sites for hydroxylation is 1. The molecule has 0 unspecified atom stereocenters. The van der Waals surface area contributed by atoms with E-state index < -0.39 is 5.97 Å². The van der Waals surface area contributed by atoms with Crippen LogP contribution < -0.4 is 4.74 Å². The Labute approximate surface area is 191 Å². The minimum absolute atomic E-state index is 0. The number of hydrogen-bond donors (Lipinski definition) is 1. The molecule has 0 radical (unpaired) electrons. The van der Waals surface area contributed by atoms with Crippen molar-refractivity contribution >= 4 is 40.9 Å². The molecule has 1 aromatic heterocycles. The van der Waals surface area contributed by atoms with Gasteiger partial charge >= 0.3 is 5.97 Å². The number of aromatic nitrogens is 1. The Kier molecular flexibility index (Phi) is 6.84. The van der Waals surface area contributed by atoms with Gasteiger partial charge in [-0.15, -0.1) is 12.4 Å². The number of hydrogen-bond acceptors (Lipinski definition) is 3. The van der Waals surface area contributed by atoms with Gasteiger partial charge in [-0.3, -0.25) is 4.79 Å². The number of carboxylic acids is 1. The lowest BCUT2D eigenvalue weighted by Crippen LogP contribution is -2.07. The normalized spacial score (nSPS) is 10.5. The number of aliphatic carboxylic acids is 1. The molecule has 1 heterocycles. The Morgan fingerprint density at radius 3 is 2.48 bits per heavy atom. The summed E-state index contributed by atoms with van der Waals surface area (Å²) in [5, 5.41) is 11.1. The summed E-state index contributed by atoms with van der Waals surface area (Å²) in [5.74, 6) is -0.282. The third-order valence-corrected chi connectivity index (χ3v) is 5.28. The number of ether oxygens (including phenoxy) is 1. The zero-order chi connectivity index (χ0) is 21.3. The van der Waals surface area contributed by atoms with E-state index in [0.29, 0.717) is 22.0 Å². The van der Waals surface area contributed by atoms with Crippen LogP contribution in [0.15, 0.2) is 66.7 Å². The first-order valence-corrected chi connectivity index (χ1v) is 9.90. The van der Waals surface area contributed by atoms with Crippen LogP contribution in [0.25, 0.3) is 33.3 Å². The second-order valence-electron chi connectivity index (χ2n) is 7.12. The van der Waals surface area contributed by atoms with E-state index in [9.17, 15) is 9.90 Å². The Hall–Kier alpha value is -3.08. The summed E-state index contributed by atoms with van der Waals surface area (Å²) in [5.41, 5.74) is 5.51. The molecule has 1 N–H and O–H groups in total. The Balaban J connectivity index is 0.00000272. The summed E-state index contributed by atoms with van der Waals surface area (Å²) in [4.78, 5) is 16.7. The van der Waals surface area contributed by atoms with E-state index in [0.717, 1.165) is 33.2 Å². The van der Waals surface area contributed by atoms with E-state index in [1.54, 1.807) is 13.2 Å². The van der Waals surface area contributed by atoms with Crippen LogP contribution in [0.3, 0.4) is 0 Å². The molecule has 0 aliphatic heterocycles. The number of fused-ring (bicyclic) bond motifs is 1. The maximum atomic E-state index is 11.9. The molecule has 4 aromatic rings. The minimum Gasteiger partial charge on any atom is -0.496 e. The van der Waals surface area contributed by atoms with E-state index in [1.807, 2.05) is 67.6 Å². The van der Waals surface area contributed by atoms with E-state index in [4.69, 9.17) is 21.3 Å². The summed E-state index contributed by atoms with van der Waals surface area (Å²) >= 11 is 6.30. The fourth-order valence-corrected chi connectivity index (χ4v) is 3.93. The van der Waals surface area contributed by atoms with Gasteiger partial charge in [0, 0.05) is 16.0 Å². The summed E-state index contributed by atoms with van der Waals surface area (Å²) in [6, 6.07) is 21.0. The van der Waals surface area contributed by atoms with Crippen molar-refractivity contribution in [2.24, 2.45) is 0 Å². The van der Waals surface area contributed by atoms with Crippen LogP contribution in [-0.4, -0.2) is 23.2 Å². The lowest BCUT2D eigenvalue weighted by atomic mass is 9.90. The first-order chi connectivity index (χ1) is 14.5. The summed E-state index contributed by atoms with van der Waals surface area (Å²) < 4.78 is 5.58. The molecule has 6 heteroatoms. The van der Waals surface area contributed by atoms with Crippen LogP contribution in [0.5, 0.6) is 5.75 Å². The van der Waals surface area contributed by atoms with Crippen molar-refractivity contribution in [3.63, 3.8) is 0 Å². The van der Waals surface area contributed by atoms with Crippen molar-refractivity contribution in [1.29, 1.82) is 0 Å². The standard InChI is InChI=1S/C25H20ClNO3.ClH/c1-15-8-11-22(30-2)19(12-15)25-20(14-23(28)29)24(16-6-4-3-5-7-16)18-13-17(26)9-10-21(18)27-25;/h3-13H,14H2,1-2H3,(H,28,29);1H. The third-order valence-electron chi connectivity index (χ3n) is 5.05. The topological polar surface area (TPSA) is 59.4 Å². The Bertz CT molecular complexity index is 1260. The van der Waals surface area contributed by atoms with E-state index in [1.165, 1.54) is 0 Å². The van der Waals surface area contributed by atoms with Crippen molar-refractivity contribution in [1.82, 2.24) is 4.98 Å². The number of carbonyl (C=O) groups is 1. The molecule has 0 atom stereocenters. The number of methoxy groups -OCH3 is 1. The average molecular weight is 454 g/mol. The van der Waals surface area contributed by atoms with Gasteiger partial charge in [-0.1, -0.05) is 53.6 Å². The van der Waals surface area contributed by atoms with Crippen molar-refractivity contribution in [3.05, 3.63) is 82.9 Å². The van der Waals surface area contributed by atoms with E-state index in [2.05, 4.69) is 0 Å². The SMILES string of the molecule is COc1ccc(C)cc1-c1nc2ccc(Cl)cc2c(-c2ccccc2)c1CC(=O)O.Cl. The molecule has 31 heavy (non-hydrogen) atoms. The summed E-state index contributed by atoms with van der Waals surface area (Å²) in [6.07, 6.45) is -0.174. The monoisotopic (exact) mass is 453 g/mol. The molecule has 0 bridgehead atoms. The van der Waals surface area contributed by atoms with Gasteiger partial charge in [-0.2, -0.15) is 0 Å². The first-order valence-electron chi connectivity index (χ1n) is 9.52. The summed E-state index contributed by atoms with van der Waals surface area (Å²) in [7, 11) is 1.60. The Morgan fingerprint density at radius 1 is 1.06 bits per heavy atom. The van der Waals surface area contributed by atoms with Crippen LogP contribution in [0.4, 0.5) is 0 Å². The molecule has 0 spiro atoms. The van der Waals surface area contributed by atoms with Crippen LogP contribution >= 0.6 is 24.0 Å². The van der Waals surface area contributed by atoms with Gasteiger partial charge in [-0.25, -0.2) is 4.98 Å². The van der Waals surface area contributed by atoms with E-state index >= 15 is 0 Å². The highest BCUT2D eigenvalue weighted by atomic mass is 35.5. The number of carboxylic acid groups (broad SMARTS) is 1. The molecule has 0 saturated carbocycles. The second kappa shape index (κ2) is 9.38. The zero-order valence-electron chi connectivity index (χ0n) is 17.1. The van der Waals surface area contributed by atoms with Gasteiger partial charge in [0.25, 0.3) is 0 Å². The molecular formula is C25H21Cl2NO3. The second-order valence-corrected chi connectivity index (χ2v) is 7.55. The molecular weight excluding hydrogens is 433 g/mol. The van der Waals surface area contributed by atoms with Gasteiger partial charge < -0.3 is 9.84 Å². The van der Waals surface area contributed by atoms with Gasteiger partial charge in [0.15, 0.2) is 0 Å². The van der Waals surface area contributed by atoms with Crippen LogP contribution in [0.1, 0.15) is 11.1 Å². The Morgan fingerprint density at radius 2 is 1.81 bits per heavy atom. The van der Waals surface area contributed by atoms with Crippen molar-refractivity contribution in [3.8, 4) is 28.1 Å². The van der Waals surface area contributed by atoms with Crippen molar-refractivity contribution < 1.29 is 14.6 Å². The molecule has 0 amide bonds. The number of benzene rings is 3. The highest BCUT2D eigenvalue weighted by molar-refractivity contribution is 6.31. The van der Waals surface area contributed by atoms with E-state index in [-0.39, 0.29) is 18.8 Å². The number of nitrogens with zero attached hydrogens (tertiary/aromatic N) is 1. The molecule has 158 valence electrons. The third kappa shape index (κ3) is 4.50. The molecule has 0 aliphatic rings. The van der Waals surface area contributed by atoms with Crippen molar-refractivity contribution in [2.45, 2.75) is 13.3 Å². The van der Waals surface area contributed by atoms with Crippen molar-refractivity contribution in [2.75, 3.05) is 7.11 Å². The first kappa shape index (κ1) is 22.6. The highest BCUT2D eigenvalue weighted by Gasteiger charge is 2.22. The molecule has 4 nitrogen and oxygen atoms in total. The predicted molar refractivity (Wildman–Crippen MR) is 128 cm³/mol. The van der Waals surface area contributed by atoms with Gasteiger partial charge in [0.1, 0.15) is 5.75 Å². The van der Waals surface area contributed by atoms with Gasteiger partial charge in [0.2, 0.25) is 0 Å². The fourth-order valence-electron chi connectivity index (χ4n) is 3.76. The minimum atomic E-state index is -0.928. The highest BCUT2D eigenvalue weighted by Crippen LogP contribution is 2.41. The molecule has 4 rings (SSSR count). The van der Waals surface area contributed by atoms with Gasteiger partial charge in [-0.05, 0) is 53.9 Å². The number of halogens is 2. The summed E-state index contributed by atoms with van der Waals surface area (Å²) in [6.45, 7) is 1.98. The lowest BCUT2D eigenvalue weighted by molar-refractivity contribution is -0.136. The van der Waals surface area contributed by atoms with Gasteiger partial charge in [0.05, 0.1) is 24.7 Å². The zero-order valence-corrected chi connectivity index (χ0v) is 18.6. The lowest BCUT2D eigenvalue weighted by Gasteiger charge is -2.19. The largest absolute Gasteiger partial charge is 0.496 e. The maximum absolute atomic E-state index is 11.9. The van der Waals surface area contributed by atoms with Crippen LogP contribution in [0.2, 0.25) is 5.02 Å². The predicted octanol–water partition coefficient (Wildman–Crippen LogP) is 6.59. The van der Waals surface area contributed by atoms with Crippen LogP contribution in [0, 0.1) is 6.92 Å². The number of rotatable bonds is 5.